The van der Waals surface area contributed by atoms with Crippen LogP contribution in [-0.4, -0.2) is 16.1 Å². The van der Waals surface area contributed by atoms with Crippen molar-refractivity contribution >= 4 is 5.82 Å². The van der Waals surface area contributed by atoms with Crippen molar-refractivity contribution in [3.05, 3.63) is 47.7 Å². The van der Waals surface area contributed by atoms with E-state index in [4.69, 9.17) is 0 Å². The monoisotopic (exact) mass is 245 g/mol. The zero-order chi connectivity index (χ0) is 12.4. The van der Waals surface area contributed by atoms with E-state index in [1.807, 2.05) is 18.3 Å². The highest BCUT2D eigenvalue weighted by Gasteiger charge is 2.12. The molecule has 3 rings (SSSR count). The van der Waals surface area contributed by atoms with Crippen LogP contribution in [0.25, 0.3) is 0 Å². The minimum Gasteiger partial charge on any atom is -0.370 e. The number of hydrogen-bond acceptors (Lipinski definition) is 2. The number of anilines is 1. The number of aromatic nitrogens is 2. The van der Waals surface area contributed by atoms with Crippen LogP contribution < -0.4 is 5.32 Å². The number of hydrogen-bond donors (Lipinski definition) is 1. The number of aryl methyl sites for hydroxylation is 2. The topological polar surface area (TPSA) is 29.9 Å². The van der Waals surface area contributed by atoms with E-state index in [1.165, 1.54) is 12.1 Å². The first-order chi connectivity index (χ1) is 8.83. The highest BCUT2D eigenvalue weighted by atomic mass is 19.1. The van der Waals surface area contributed by atoms with Gasteiger partial charge in [0.15, 0.2) is 0 Å². The first-order valence-electron chi connectivity index (χ1n) is 6.35. The molecule has 0 bridgehead atoms. The molecular weight excluding hydrogens is 229 g/mol. The van der Waals surface area contributed by atoms with Gasteiger partial charge in [-0.25, -0.2) is 9.37 Å². The van der Waals surface area contributed by atoms with Crippen LogP contribution in [0, 0.1) is 5.82 Å². The number of rotatable bonds is 3. The van der Waals surface area contributed by atoms with Crippen molar-refractivity contribution in [3.63, 3.8) is 0 Å². The van der Waals surface area contributed by atoms with E-state index in [9.17, 15) is 4.39 Å². The van der Waals surface area contributed by atoms with Gasteiger partial charge in [0.2, 0.25) is 0 Å². The molecule has 18 heavy (non-hydrogen) atoms. The van der Waals surface area contributed by atoms with E-state index in [0.29, 0.717) is 0 Å². The minimum absolute atomic E-state index is 0.179. The number of halogens is 1. The maximum Gasteiger partial charge on any atom is 0.126 e. The zero-order valence-electron chi connectivity index (χ0n) is 10.2. The summed E-state index contributed by atoms with van der Waals surface area (Å²) in [6, 6.07) is 6.71. The molecule has 0 atom stereocenters. The first kappa shape index (κ1) is 11.3. The lowest BCUT2D eigenvalue weighted by atomic mass is 10.1. The summed E-state index contributed by atoms with van der Waals surface area (Å²) >= 11 is 0. The molecule has 0 aliphatic carbocycles. The second kappa shape index (κ2) is 4.80. The number of nitrogens with one attached hydrogen (secondary N) is 1. The molecule has 94 valence electrons. The summed E-state index contributed by atoms with van der Waals surface area (Å²) in [5.74, 6) is 2.05. The quantitative estimate of drug-likeness (QED) is 0.900. The van der Waals surface area contributed by atoms with Crippen molar-refractivity contribution in [3.8, 4) is 0 Å². The minimum atomic E-state index is -0.179. The van der Waals surface area contributed by atoms with Crippen LogP contribution in [0.15, 0.2) is 30.5 Å². The third-order valence-electron chi connectivity index (χ3n) is 3.35. The second-order valence-electron chi connectivity index (χ2n) is 4.62. The SMILES string of the molecule is Fc1ccc(CCc2ncc3n2CCCN3)cc1. The van der Waals surface area contributed by atoms with Crippen molar-refractivity contribution in [2.75, 3.05) is 11.9 Å². The van der Waals surface area contributed by atoms with Crippen LogP contribution in [0.3, 0.4) is 0 Å². The molecule has 0 spiro atoms. The number of nitrogens with zero attached hydrogens (tertiary/aromatic N) is 2. The molecule has 2 heterocycles. The molecular formula is C14H16FN3. The number of fused-ring (bicyclic) bond motifs is 1. The van der Waals surface area contributed by atoms with E-state index >= 15 is 0 Å². The molecule has 1 aliphatic rings. The predicted molar refractivity (Wildman–Crippen MR) is 69.1 cm³/mol. The van der Waals surface area contributed by atoms with Crippen LogP contribution in [0.2, 0.25) is 0 Å². The molecule has 1 aromatic carbocycles. The maximum absolute atomic E-state index is 12.8. The molecule has 3 nitrogen and oxygen atoms in total. The Morgan fingerprint density at radius 2 is 2.06 bits per heavy atom. The Labute approximate surface area is 106 Å². The molecule has 4 heteroatoms. The van der Waals surface area contributed by atoms with Gasteiger partial charge < -0.3 is 9.88 Å². The van der Waals surface area contributed by atoms with Crippen LogP contribution in [-0.2, 0) is 19.4 Å². The van der Waals surface area contributed by atoms with E-state index < -0.39 is 0 Å². The predicted octanol–water partition coefficient (Wildman–Crippen LogP) is 2.62. The zero-order valence-corrected chi connectivity index (χ0v) is 10.2. The van der Waals surface area contributed by atoms with Gasteiger partial charge in [0.25, 0.3) is 0 Å². The van der Waals surface area contributed by atoms with E-state index in [1.54, 1.807) is 0 Å². The molecule has 0 unspecified atom stereocenters. The van der Waals surface area contributed by atoms with Gasteiger partial charge in [-0.3, -0.25) is 0 Å². The van der Waals surface area contributed by atoms with Gasteiger partial charge in [-0.1, -0.05) is 12.1 Å². The Hall–Kier alpha value is -1.84. The highest BCUT2D eigenvalue weighted by molar-refractivity contribution is 5.36. The van der Waals surface area contributed by atoms with E-state index in [2.05, 4.69) is 14.9 Å². The molecule has 1 N–H and O–H groups in total. The summed E-state index contributed by atoms with van der Waals surface area (Å²) in [6.45, 7) is 2.07. The Bertz CT molecular complexity index is 530. The van der Waals surface area contributed by atoms with E-state index in [-0.39, 0.29) is 5.82 Å². The van der Waals surface area contributed by atoms with Crippen LogP contribution in [0.5, 0.6) is 0 Å². The molecule has 1 aliphatic heterocycles. The fourth-order valence-corrected chi connectivity index (χ4v) is 2.37. The third kappa shape index (κ3) is 2.23. The largest absolute Gasteiger partial charge is 0.370 e. The van der Waals surface area contributed by atoms with E-state index in [0.717, 1.165) is 49.6 Å². The summed E-state index contributed by atoms with van der Waals surface area (Å²) in [5.41, 5.74) is 1.15. The lowest BCUT2D eigenvalue weighted by molar-refractivity contribution is 0.597. The summed E-state index contributed by atoms with van der Waals surface area (Å²) in [6.07, 6.45) is 4.84. The van der Waals surface area contributed by atoms with Crippen molar-refractivity contribution in [2.45, 2.75) is 25.8 Å². The Morgan fingerprint density at radius 3 is 2.89 bits per heavy atom. The lowest BCUT2D eigenvalue weighted by Gasteiger charge is -2.18. The fourth-order valence-electron chi connectivity index (χ4n) is 2.37. The fraction of sp³-hybridized carbons (Fsp3) is 0.357. The first-order valence-corrected chi connectivity index (χ1v) is 6.35. The van der Waals surface area contributed by atoms with Gasteiger partial charge in [0, 0.05) is 19.5 Å². The van der Waals surface area contributed by atoms with Crippen molar-refractivity contribution in [2.24, 2.45) is 0 Å². The molecule has 0 amide bonds. The average molecular weight is 245 g/mol. The summed E-state index contributed by atoms with van der Waals surface area (Å²) in [4.78, 5) is 4.46. The normalized spacial score (nSPS) is 14.1. The van der Waals surface area contributed by atoms with Gasteiger partial charge in [-0.15, -0.1) is 0 Å². The molecule has 2 aromatic rings. The standard InChI is InChI=1S/C14H16FN3/c15-12-5-2-11(3-6-12)4-7-13-17-10-14-16-8-1-9-18(13)14/h2-3,5-6,10,16H,1,4,7-9H2. The van der Waals surface area contributed by atoms with Crippen LogP contribution in [0.1, 0.15) is 17.8 Å². The summed E-state index contributed by atoms with van der Waals surface area (Å²) in [5, 5.41) is 3.34. The Balaban J connectivity index is 1.70. The Morgan fingerprint density at radius 1 is 1.22 bits per heavy atom. The van der Waals surface area contributed by atoms with Crippen LogP contribution in [0.4, 0.5) is 10.2 Å². The third-order valence-corrected chi connectivity index (χ3v) is 3.35. The molecule has 0 saturated carbocycles. The molecule has 0 fully saturated rings. The summed E-state index contributed by atoms with van der Waals surface area (Å²) in [7, 11) is 0. The van der Waals surface area contributed by atoms with Crippen LogP contribution >= 0.6 is 0 Å². The number of benzene rings is 1. The highest BCUT2D eigenvalue weighted by Crippen LogP contribution is 2.17. The van der Waals surface area contributed by atoms with Crippen molar-refractivity contribution in [1.29, 1.82) is 0 Å². The molecule has 1 aromatic heterocycles. The summed E-state index contributed by atoms with van der Waals surface area (Å²) < 4.78 is 15.0. The van der Waals surface area contributed by atoms with Gasteiger partial charge >= 0.3 is 0 Å². The van der Waals surface area contributed by atoms with Gasteiger partial charge in [-0.05, 0) is 30.5 Å². The van der Waals surface area contributed by atoms with Crippen molar-refractivity contribution < 1.29 is 4.39 Å². The lowest BCUT2D eigenvalue weighted by Crippen LogP contribution is -2.18. The maximum atomic E-state index is 12.8. The average Bonchev–Trinajstić information content (AvgIpc) is 2.82. The van der Waals surface area contributed by atoms with Crippen molar-refractivity contribution in [1.82, 2.24) is 9.55 Å². The second-order valence-corrected chi connectivity index (χ2v) is 4.62. The molecule has 0 radical (unpaired) electrons. The number of imidazole rings is 1. The smallest absolute Gasteiger partial charge is 0.126 e. The Kier molecular flexibility index (Phi) is 3.00. The van der Waals surface area contributed by atoms with Gasteiger partial charge in [0.05, 0.1) is 6.20 Å². The van der Waals surface area contributed by atoms with Gasteiger partial charge in [-0.2, -0.15) is 0 Å². The van der Waals surface area contributed by atoms with Gasteiger partial charge in [0.1, 0.15) is 17.5 Å². The molecule has 0 saturated heterocycles.